The smallest absolute Gasteiger partial charge is 0.243 e. The lowest BCUT2D eigenvalue weighted by Crippen LogP contribution is -2.30. The van der Waals surface area contributed by atoms with Crippen LogP contribution in [0, 0.1) is 0 Å². The van der Waals surface area contributed by atoms with Gasteiger partial charge in [-0.15, -0.1) is 5.10 Å². The van der Waals surface area contributed by atoms with Crippen molar-refractivity contribution in [3.05, 3.63) is 6.20 Å². The summed E-state index contributed by atoms with van der Waals surface area (Å²) < 4.78 is 0. The van der Waals surface area contributed by atoms with Crippen LogP contribution in [-0.2, 0) is 11.3 Å². The van der Waals surface area contributed by atoms with Crippen molar-refractivity contribution in [1.29, 1.82) is 0 Å². The molecule has 2 rings (SSSR count). The van der Waals surface area contributed by atoms with Crippen molar-refractivity contribution in [2.24, 2.45) is 0 Å². The van der Waals surface area contributed by atoms with Crippen LogP contribution in [0.3, 0.4) is 0 Å². The zero-order valence-corrected chi connectivity index (χ0v) is 7.10. The first-order valence-corrected chi connectivity index (χ1v) is 4.19. The van der Waals surface area contributed by atoms with E-state index in [1.165, 1.54) is 11.0 Å². The normalized spacial score (nSPS) is 15.7. The summed E-state index contributed by atoms with van der Waals surface area (Å²) >= 11 is 0. The number of hydrogen-bond acceptors (Lipinski definition) is 4. The number of rotatable bonds is 3. The van der Waals surface area contributed by atoms with Crippen LogP contribution in [0.4, 0.5) is 5.82 Å². The predicted octanol–water partition coefficient (Wildman–Crippen LogP) is -0.861. The molecule has 1 fully saturated rings. The van der Waals surface area contributed by atoms with Crippen molar-refractivity contribution in [2.75, 3.05) is 5.73 Å². The summed E-state index contributed by atoms with van der Waals surface area (Å²) in [6.07, 6.45) is 3.59. The molecule has 13 heavy (non-hydrogen) atoms. The van der Waals surface area contributed by atoms with Gasteiger partial charge in [-0.1, -0.05) is 0 Å². The van der Waals surface area contributed by atoms with Gasteiger partial charge < -0.3 is 11.1 Å². The van der Waals surface area contributed by atoms with Gasteiger partial charge in [-0.25, -0.2) is 0 Å². The molecule has 1 aromatic rings. The van der Waals surface area contributed by atoms with E-state index in [2.05, 4.69) is 15.5 Å². The largest absolute Gasteiger partial charge is 0.381 e. The van der Waals surface area contributed by atoms with E-state index in [4.69, 9.17) is 5.73 Å². The first-order chi connectivity index (χ1) is 6.24. The van der Waals surface area contributed by atoms with Crippen LogP contribution in [0.1, 0.15) is 12.8 Å². The highest BCUT2D eigenvalue weighted by atomic mass is 16.2. The molecule has 1 aliphatic rings. The van der Waals surface area contributed by atoms with E-state index in [-0.39, 0.29) is 12.5 Å². The highest BCUT2D eigenvalue weighted by Gasteiger charge is 2.23. The Hall–Kier alpha value is -1.59. The molecule has 0 saturated heterocycles. The van der Waals surface area contributed by atoms with Crippen molar-refractivity contribution in [3.8, 4) is 0 Å². The molecular formula is C7H11N5O. The van der Waals surface area contributed by atoms with E-state index in [1.54, 1.807) is 0 Å². The number of nitrogens with zero attached hydrogens (tertiary/aromatic N) is 3. The minimum Gasteiger partial charge on any atom is -0.381 e. The summed E-state index contributed by atoms with van der Waals surface area (Å²) in [5.74, 6) is 0.275. The van der Waals surface area contributed by atoms with E-state index in [0.717, 1.165) is 12.8 Å². The molecule has 1 aliphatic carbocycles. The molecule has 6 heteroatoms. The quantitative estimate of drug-likeness (QED) is 0.635. The monoisotopic (exact) mass is 181 g/mol. The first-order valence-electron chi connectivity index (χ1n) is 4.19. The lowest BCUT2D eigenvalue weighted by Gasteiger charge is -2.00. The third kappa shape index (κ3) is 2.17. The molecule has 70 valence electrons. The molecule has 0 unspecified atom stereocenters. The molecule has 0 aliphatic heterocycles. The van der Waals surface area contributed by atoms with Gasteiger partial charge in [-0.2, -0.15) is 9.90 Å². The molecule has 0 aromatic carbocycles. The Labute approximate surface area is 75.1 Å². The molecule has 0 spiro atoms. The van der Waals surface area contributed by atoms with E-state index in [0.29, 0.717) is 11.9 Å². The second-order valence-electron chi connectivity index (χ2n) is 3.14. The van der Waals surface area contributed by atoms with E-state index >= 15 is 0 Å². The summed E-state index contributed by atoms with van der Waals surface area (Å²) in [5, 5.41) is 10.4. The van der Waals surface area contributed by atoms with Crippen LogP contribution in [0.5, 0.6) is 0 Å². The fourth-order valence-corrected chi connectivity index (χ4v) is 1.02. The fourth-order valence-electron chi connectivity index (χ4n) is 1.02. The third-order valence-electron chi connectivity index (χ3n) is 1.78. The Morgan fingerprint density at radius 1 is 1.77 bits per heavy atom. The van der Waals surface area contributed by atoms with Gasteiger partial charge in [0.15, 0.2) is 5.82 Å². The minimum atomic E-state index is -0.0573. The van der Waals surface area contributed by atoms with Gasteiger partial charge in [-0.05, 0) is 12.8 Å². The van der Waals surface area contributed by atoms with Gasteiger partial charge >= 0.3 is 0 Å². The van der Waals surface area contributed by atoms with Crippen molar-refractivity contribution in [3.63, 3.8) is 0 Å². The van der Waals surface area contributed by atoms with Crippen molar-refractivity contribution < 1.29 is 4.79 Å². The molecule has 1 amide bonds. The fraction of sp³-hybridized carbons (Fsp3) is 0.571. The summed E-state index contributed by atoms with van der Waals surface area (Å²) in [5.41, 5.74) is 5.34. The zero-order chi connectivity index (χ0) is 9.26. The summed E-state index contributed by atoms with van der Waals surface area (Å²) in [7, 11) is 0. The molecule has 1 aromatic heterocycles. The number of nitrogens with two attached hydrogens (primary N) is 1. The van der Waals surface area contributed by atoms with Crippen LogP contribution in [0.25, 0.3) is 0 Å². The number of nitrogens with one attached hydrogen (secondary N) is 1. The lowest BCUT2D eigenvalue weighted by molar-refractivity contribution is -0.122. The summed E-state index contributed by atoms with van der Waals surface area (Å²) in [4.78, 5) is 12.5. The minimum absolute atomic E-state index is 0.0573. The molecule has 3 N–H and O–H groups in total. The maximum absolute atomic E-state index is 11.2. The SMILES string of the molecule is Nc1cnn(CC(=O)NC2CC2)n1. The second kappa shape index (κ2) is 3.04. The van der Waals surface area contributed by atoms with Gasteiger partial charge in [0.2, 0.25) is 5.91 Å². The highest BCUT2D eigenvalue weighted by Crippen LogP contribution is 2.18. The number of aromatic nitrogens is 3. The van der Waals surface area contributed by atoms with Crippen LogP contribution in [0.2, 0.25) is 0 Å². The Bertz CT molecular complexity index is 316. The molecule has 6 nitrogen and oxygen atoms in total. The Morgan fingerprint density at radius 3 is 3.08 bits per heavy atom. The van der Waals surface area contributed by atoms with Gasteiger partial charge in [0.25, 0.3) is 0 Å². The topological polar surface area (TPSA) is 85.8 Å². The van der Waals surface area contributed by atoms with E-state index in [1.807, 2.05) is 0 Å². The Morgan fingerprint density at radius 2 is 2.54 bits per heavy atom. The molecule has 0 radical (unpaired) electrons. The number of anilines is 1. The lowest BCUT2D eigenvalue weighted by atomic mass is 10.5. The first kappa shape index (κ1) is 8.03. The molecule has 1 heterocycles. The maximum Gasteiger partial charge on any atom is 0.243 e. The predicted molar refractivity (Wildman–Crippen MR) is 45.6 cm³/mol. The number of hydrogen-bond donors (Lipinski definition) is 2. The summed E-state index contributed by atoms with van der Waals surface area (Å²) in [6.45, 7) is 0.147. The van der Waals surface area contributed by atoms with E-state index in [9.17, 15) is 4.79 Å². The van der Waals surface area contributed by atoms with Gasteiger partial charge in [-0.3, -0.25) is 4.79 Å². The van der Waals surface area contributed by atoms with Crippen molar-refractivity contribution in [2.45, 2.75) is 25.4 Å². The number of carbonyl (C=O) groups excluding carboxylic acids is 1. The molecular weight excluding hydrogens is 170 g/mol. The van der Waals surface area contributed by atoms with Crippen molar-refractivity contribution >= 4 is 11.7 Å². The second-order valence-corrected chi connectivity index (χ2v) is 3.14. The van der Waals surface area contributed by atoms with E-state index < -0.39 is 0 Å². The van der Waals surface area contributed by atoms with Crippen LogP contribution < -0.4 is 11.1 Å². The summed E-state index contributed by atoms with van der Waals surface area (Å²) in [6, 6.07) is 0.375. The van der Waals surface area contributed by atoms with Crippen LogP contribution in [0.15, 0.2) is 6.20 Å². The molecule has 0 atom stereocenters. The number of amides is 1. The van der Waals surface area contributed by atoms with Gasteiger partial charge in [0, 0.05) is 6.04 Å². The standard InChI is InChI=1S/C7H11N5O/c8-6-3-9-12(11-6)4-7(13)10-5-1-2-5/h3,5H,1-2,4H2,(H2,8,11)(H,10,13). The number of nitrogen functional groups attached to an aromatic ring is 1. The number of carbonyl (C=O) groups is 1. The van der Waals surface area contributed by atoms with Crippen LogP contribution >= 0.6 is 0 Å². The maximum atomic E-state index is 11.2. The Kier molecular flexibility index (Phi) is 1.88. The highest BCUT2D eigenvalue weighted by molar-refractivity contribution is 5.76. The van der Waals surface area contributed by atoms with Crippen LogP contribution in [-0.4, -0.2) is 26.9 Å². The average molecular weight is 181 g/mol. The molecule has 1 saturated carbocycles. The Balaban J connectivity index is 1.85. The average Bonchev–Trinajstić information content (AvgIpc) is 2.76. The van der Waals surface area contributed by atoms with Crippen molar-refractivity contribution in [1.82, 2.24) is 20.3 Å². The zero-order valence-electron chi connectivity index (χ0n) is 7.10. The molecule has 0 bridgehead atoms. The van der Waals surface area contributed by atoms with Gasteiger partial charge in [0.05, 0.1) is 6.20 Å². The third-order valence-corrected chi connectivity index (χ3v) is 1.78. The van der Waals surface area contributed by atoms with Gasteiger partial charge in [0.1, 0.15) is 6.54 Å².